The number of carbonyl (C=O) groups excluding carboxylic acids is 1. The van der Waals surface area contributed by atoms with Crippen molar-refractivity contribution in [2.75, 3.05) is 45.7 Å². The number of aliphatic hydroxyl groups is 1. The lowest BCUT2D eigenvalue weighted by molar-refractivity contribution is -0.134. The van der Waals surface area contributed by atoms with Crippen LogP contribution in [0.15, 0.2) is 60.7 Å². The third kappa shape index (κ3) is 5.18. The lowest BCUT2D eigenvalue weighted by Crippen LogP contribution is -2.40. The Morgan fingerprint density at radius 2 is 2.06 bits per heavy atom. The van der Waals surface area contributed by atoms with Crippen molar-refractivity contribution in [1.29, 1.82) is 0 Å². The summed E-state index contributed by atoms with van der Waals surface area (Å²) in [5.41, 5.74) is 2.90. The molecule has 0 spiro atoms. The van der Waals surface area contributed by atoms with E-state index in [-0.39, 0.29) is 24.7 Å². The number of anilines is 1. The molecule has 2 heterocycles. The molecule has 2 N–H and O–H groups in total. The molecule has 0 radical (unpaired) electrons. The zero-order valence-electron chi connectivity index (χ0n) is 18.6. The van der Waals surface area contributed by atoms with Gasteiger partial charge < -0.3 is 20.1 Å². The monoisotopic (exact) mass is 434 g/mol. The molecule has 2 unspecified atom stereocenters. The number of rotatable bonds is 8. The fourth-order valence-electron chi connectivity index (χ4n) is 4.10. The minimum Gasteiger partial charge on any atom is -0.468 e. The largest absolute Gasteiger partial charge is 0.468 e. The molecule has 4 rings (SSSR count). The number of nitrogens with zero attached hydrogens (tertiary/aromatic N) is 3. The van der Waals surface area contributed by atoms with Gasteiger partial charge in [-0.1, -0.05) is 30.3 Å². The van der Waals surface area contributed by atoms with Gasteiger partial charge in [0, 0.05) is 50.9 Å². The van der Waals surface area contributed by atoms with Crippen LogP contribution in [0.2, 0.25) is 0 Å². The van der Waals surface area contributed by atoms with Gasteiger partial charge in [0.05, 0.1) is 17.7 Å². The Morgan fingerprint density at radius 3 is 2.78 bits per heavy atom. The van der Waals surface area contributed by atoms with Crippen molar-refractivity contribution in [2.45, 2.75) is 18.6 Å². The Kier molecular flexibility index (Phi) is 6.87. The fraction of sp³-hybridized carbons (Fsp3) is 0.360. The van der Waals surface area contributed by atoms with Gasteiger partial charge in [-0.2, -0.15) is 0 Å². The number of carbonyl (C=O) groups is 1. The van der Waals surface area contributed by atoms with Crippen LogP contribution in [0.1, 0.15) is 18.0 Å². The number of aromatic nitrogens is 1. The number of likely N-dealkylation sites (N-methyl/N-ethyl adjacent to an activating group) is 1. The Morgan fingerprint density at radius 1 is 1.25 bits per heavy atom. The molecule has 3 aromatic rings. The van der Waals surface area contributed by atoms with Crippen LogP contribution in [0.3, 0.4) is 0 Å². The van der Waals surface area contributed by atoms with Crippen molar-refractivity contribution in [3.8, 4) is 5.88 Å². The quantitative estimate of drug-likeness (QED) is 0.568. The second kappa shape index (κ2) is 9.97. The number of amides is 1. The second-order valence-corrected chi connectivity index (χ2v) is 8.23. The fourth-order valence-corrected chi connectivity index (χ4v) is 4.10. The number of hydrogen-bond donors (Lipinski definition) is 2. The molecule has 0 aliphatic carbocycles. The standard InChI is InChI=1S/C25H30N4O3/c1-26-20-9-10-22-19(14-20)8-11-24(27-22)32-17-25(31)28(2)23(18-6-4-3-5-7-18)16-29-13-12-21(30)15-29/h3-11,14,21,23,26,30H,12-13,15-17H2,1-2H3. The van der Waals surface area contributed by atoms with E-state index in [4.69, 9.17) is 4.74 Å². The van der Waals surface area contributed by atoms with Gasteiger partial charge in [0.1, 0.15) is 0 Å². The van der Waals surface area contributed by atoms with E-state index in [2.05, 4.69) is 15.2 Å². The highest BCUT2D eigenvalue weighted by molar-refractivity contribution is 5.83. The highest BCUT2D eigenvalue weighted by Crippen LogP contribution is 2.24. The van der Waals surface area contributed by atoms with Crippen LogP contribution in [-0.4, -0.2) is 72.2 Å². The number of hydrogen-bond acceptors (Lipinski definition) is 6. The molecule has 2 aromatic carbocycles. The summed E-state index contributed by atoms with van der Waals surface area (Å²) in [4.78, 5) is 21.5. The van der Waals surface area contributed by atoms with Crippen molar-refractivity contribution < 1.29 is 14.6 Å². The van der Waals surface area contributed by atoms with Gasteiger partial charge in [-0.15, -0.1) is 0 Å². The molecule has 1 saturated heterocycles. The first-order valence-electron chi connectivity index (χ1n) is 11.0. The predicted octanol–water partition coefficient (Wildman–Crippen LogP) is 2.92. The molecule has 1 amide bonds. The van der Waals surface area contributed by atoms with Crippen molar-refractivity contribution in [3.63, 3.8) is 0 Å². The molecule has 0 bridgehead atoms. The zero-order chi connectivity index (χ0) is 22.5. The molecule has 168 valence electrons. The first kappa shape index (κ1) is 22.0. The lowest BCUT2D eigenvalue weighted by atomic mass is 10.0. The summed E-state index contributed by atoms with van der Waals surface area (Å²) in [6.45, 7) is 2.05. The second-order valence-electron chi connectivity index (χ2n) is 8.23. The van der Waals surface area contributed by atoms with E-state index < -0.39 is 0 Å². The summed E-state index contributed by atoms with van der Waals surface area (Å²) in [5.74, 6) is 0.307. The minimum absolute atomic E-state index is 0.0877. The first-order chi connectivity index (χ1) is 15.5. The number of fused-ring (bicyclic) bond motifs is 1. The van der Waals surface area contributed by atoms with E-state index in [0.29, 0.717) is 19.0 Å². The molecule has 7 heteroatoms. The van der Waals surface area contributed by atoms with Gasteiger partial charge in [0.15, 0.2) is 6.61 Å². The molecule has 32 heavy (non-hydrogen) atoms. The number of aliphatic hydroxyl groups excluding tert-OH is 1. The maximum Gasteiger partial charge on any atom is 0.260 e. The molecular formula is C25H30N4O3. The smallest absolute Gasteiger partial charge is 0.260 e. The van der Waals surface area contributed by atoms with Crippen molar-refractivity contribution in [3.05, 3.63) is 66.2 Å². The highest BCUT2D eigenvalue weighted by atomic mass is 16.5. The van der Waals surface area contributed by atoms with E-state index in [1.165, 1.54) is 0 Å². The van der Waals surface area contributed by atoms with Gasteiger partial charge >= 0.3 is 0 Å². The number of pyridine rings is 1. The average Bonchev–Trinajstić information content (AvgIpc) is 3.25. The lowest BCUT2D eigenvalue weighted by Gasteiger charge is -2.32. The van der Waals surface area contributed by atoms with E-state index in [0.717, 1.165) is 35.1 Å². The van der Waals surface area contributed by atoms with E-state index in [9.17, 15) is 9.90 Å². The summed E-state index contributed by atoms with van der Waals surface area (Å²) in [6.07, 6.45) is 0.477. The van der Waals surface area contributed by atoms with E-state index in [1.54, 1.807) is 11.0 Å². The van der Waals surface area contributed by atoms with Crippen molar-refractivity contribution in [1.82, 2.24) is 14.8 Å². The summed E-state index contributed by atoms with van der Waals surface area (Å²) in [6, 6.07) is 19.5. The molecule has 1 aliphatic heterocycles. The number of β-amino-alcohol motifs (C(OH)–C–C–N with tert-alkyl or cyclic N) is 1. The SMILES string of the molecule is CNc1ccc2nc(OCC(=O)N(C)C(CN3CCC(O)C3)c3ccccc3)ccc2c1. The maximum atomic E-state index is 13.0. The molecule has 0 saturated carbocycles. The van der Waals surface area contributed by atoms with E-state index in [1.807, 2.05) is 68.7 Å². The number of nitrogens with one attached hydrogen (secondary N) is 1. The van der Waals surface area contributed by atoms with Gasteiger partial charge in [-0.25, -0.2) is 4.98 Å². The maximum absolute atomic E-state index is 13.0. The Labute approximate surface area is 188 Å². The van der Waals surface area contributed by atoms with Crippen LogP contribution in [0.4, 0.5) is 5.69 Å². The molecule has 2 atom stereocenters. The number of benzene rings is 2. The first-order valence-corrected chi connectivity index (χ1v) is 11.0. The van der Waals surface area contributed by atoms with Gasteiger partial charge in [-0.05, 0) is 36.2 Å². The van der Waals surface area contributed by atoms with Crippen LogP contribution in [-0.2, 0) is 4.79 Å². The molecule has 1 fully saturated rings. The summed E-state index contributed by atoms with van der Waals surface area (Å²) >= 11 is 0. The summed E-state index contributed by atoms with van der Waals surface area (Å²) in [5, 5.41) is 14.0. The van der Waals surface area contributed by atoms with Crippen LogP contribution in [0.5, 0.6) is 5.88 Å². The highest BCUT2D eigenvalue weighted by Gasteiger charge is 2.28. The van der Waals surface area contributed by atoms with Gasteiger partial charge in [0.25, 0.3) is 5.91 Å². The molecular weight excluding hydrogens is 404 g/mol. The summed E-state index contributed by atoms with van der Waals surface area (Å²) in [7, 11) is 3.69. The van der Waals surface area contributed by atoms with Crippen LogP contribution in [0.25, 0.3) is 10.9 Å². The summed E-state index contributed by atoms with van der Waals surface area (Å²) < 4.78 is 5.76. The third-order valence-electron chi connectivity index (χ3n) is 6.02. The normalized spacial score (nSPS) is 17.3. The van der Waals surface area contributed by atoms with Crippen LogP contribution >= 0.6 is 0 Å². The Balaban J connectivity index is 1.43. The molecule has 7 nitrogen and oxygen atoms in total. The van der Waals surface area contributed by atoms with Gasteiger partial charge in [0.2, 0.25) is 5.88 Å². The number of ether oxygens (including phenoxy) is 1. The third-order valence-corrected chi connectivity index (χ3v) is 6.02. The minimum atomic E-state index is -0.293. The van der Waals surface area contributed by atoms with Gasteiger partial charge in [-0.3, -0.25) is 9.69 Å². The molecule has 1 aromatic heterocycles. The van der Waals surface area contributed by atoms with E-state index >= 15 is 0 Å². The Hall–Kier alpha value is -3.16. The molecule has 1 aliphatic rings. The van der Waals surface area contributed by atoms with Crippen molar-refractivity contribution >= 4 is 22.5 Å². The zero-order valence-corrected chi connectivity index (χ0v) is 18.6. The topological polar surface area (TPSA) is 77.9 Å². The number of likely N-dealkylation sites (tertiary alicyclic amines) is 1. The van der Waals surface area contributed by atoms with Crippen molar-refractivity contribution in [2.24, 2.45) is 0 Å². The average molecular weight is 435 g/mol. The Bertz CT molecular complexity index is 1060. The van der Waals surface area contributed by atoms with Crippen LogP contribution < -0.4 is 10.1 Å². The predicted molar refractivity (Wildman–Crippen MR) is 126 cm³/mol. The van der Waals surface area contributed by atoms with Crippen LogP contribution in [0, 0.1) is 0 Å².